The molecule has 1 aromatic heterocycles. The first-order valence-corrected chi connectivity index (χ1v) is 9.56. The Balaban J connectivity index is 1.83. The number of hydrogen-bond acceptors (Lipinski definition) is 5. The molecule has 6 nitrogen and oxygen atoms in total. The van der Waals surface area contributed by atoms with E-state index in [0.29, 0.717) is 22.0 Å². The van der Waals surface area contributed by atoms with E-state index >= 15 is 0 Å². The van der Waals surface area contributed by atoms with E-state index in [0.717, 1.165) is 11.8 Å². The molecule has 0 radical (unpaired) electrons. The maximum atomic E-state index is 12.4. The lowest BCUT2D eigenvalue weighted by molar-refractivity contribution is -0.115. The van der Waals surface area contributed by atoms with Crippen LogP contribution in [0.5, 0.6) is 0 Å². The molecule has 0 aliphatic heterocycles. The molecule has 140 valence electrons. The van der Waals surface area contributed by atoms with E-state index in [4.69, 9.17) is 11.6 Å². The number of rotatable bonds is 5. The predicted molar refractivity (Wildman–Crippen MR) is 110 cm³/mol. The SMILES string of the molecule is C[C@@H](Sc1nc(-c2ccccc2)c(C#N)c(=O)[nH]1)C(=O)Nc1ccc(Cl)cc1. The molecule has 0 aliphatic carbocycles. The van der Waals surface area contributed by atoms with Gasteiger partial charge in [0.25, 0.3) is 5.56 Å². The molecule has 1 amide bonds. The Labute approximate surface area is 170 Å². The normalized spacial score (nSPS) is 11.5. The third kappa shape index (κ3) is 4.60. The van der Waals surface area contributed by atoms with Crippen molar-refractivity contribution in [3.8, 4) is 17.3 Å². The molecule has 28 heavy (non-hydrogen) atoms. The predicted octanol–water partition coefficient (Wildman–Crippen LogP) is 4.08. The molecule has 0 saturated heterocycles. The van der Waals surface area contributed by atoms with Crippen molar-refractivity contribution in [1.82, 2.24) is 9.97 Å². The van der Waals surface area contributed by atoms with Gasteiger partial charge in [0.15, 0.2) is 5.16 Å². The zero-order chi connectivity index (χ0) is 20.1. The van der Waals surface area contributed by atoms with Gasteiger partial charge in [0.2, 0.25) is 5.91 Å². The van der Waals surface area contributed by atoms with Gasteiger partial charge in [-0.2, -0.15) is 5.26 Å². The quantitative estimate of drug-likeness (QED) is 0.487. The average molecular weight is 411 g/mol. The summed E-state index contributed by atoms with van der Waals surface area (Å²) in [6, 6.07) is 17.6. The van der Waals surface area contributed by atoms with Gasteiger partial charge in [-0.05, 0) is 31.2 Å². The highest BCUT2D eigenvalue weighted by Gasteiger charge is 2.19. The monoisotopic (exact) mass is 410 g/mol. The minimum atomic E-state index is -0.538. The van der Waals surface area contributed by atoms with Crippen molar-refractivity contribution in [2.24, 2.45) is 0 Å². The van der Waals surface area contributed by atoms with Crippen LogP contribution in [0, 0.1) is 11.3 Å². The summed E-state index contributed by atoms with van der Waals surface area (Å²) in [4.78, 5) is 31.7. The van der Waals surface area contributed by atoms with Crippen LogP contribution < -0.4 is 10.9 Å². The third-order valence-corrected chi connectivity index (χ3v) is 5.06. The second-order valence-electron chi connectivity index (χ2n) is 5.83. The largest absolute Gasteiger partial charge is 0.325 e. The fraction of sp³-hybridized carbons (Fsp3) is 0.100. The second kappa shape index (κ2) is 8.74. The number of aromatic nitrogens is 2. The van der Waals surface area contributed by atoms with E-state index in [1.165, 1.54) is 0 Å². The Morgan fingerprint density at radius 1 is 1.21 bits per heavy atom. The molecule has 0 spiro atoms. The number of hydrogen-bond donors (Lipinski definition) is 2. The van der Waals surface area contributed by atoms with Crippen LogP contribution in [0.4, 0.5) is 5.69 Å². The summed E-state index contributed by atoms with van der Waals surface area (Å²) in [5.41, 5.74) is 0.969. The smallest absolute Gasteiger partial charge is 0.270 e. The number of nitrogens with one attached hydrogen (secondary N) is 2. The number of carbonyl (C=O) groups excluding carboxylic acids is 1. The standard InChI is InChI=1S/C20H15ClN4O2S/c1-12(18(26)23-15-9-7-14(21)8-10-15)28-20-24-17(13-5-3-2-4-6-13)16(11-22)19(27)25-20/h2-10,12H,1H3,(H,23,26)(H,24,25,27)/t12-/m1/s1. The second-order valence-corrected chi connectivity index (χ2v) is 7.59. The van der Waals surface area contributed by atoms with E-state index in [9.17, 15) is 14.9 Å². The molecular formula is C20H15ClN4O2S. The zero-order valence-electron chi connectivity index (χ0n) is 14.8. The van der Waals surface area contributed by atoms with E-state index in [2.05, 4.69) is 15.3 Å². The van der Waals surface area contributed by atoms with Gasteiger partial charge in [-0.15, -0.1) is 0 Å². The maximum absolute atomic E-state index is 12.4. The number of nitrogens with zero attached hydrogens (tertiary/aromatic N) is 2. The Hall–Kier alpha value is -3.08. The van der Waals surface area contributed by atoms with E-state index in [1.807, 2.05) is 12.1 Å². The number of amides is 1. The molecule has 0 fully saturated rings. The molecule has 3 rings (SSSR count). The first kappa shape index (κ1) is 19.7. The minimum absolute atomic E-state index is 0.0613. The topological polar surface area (TPSA) is 98.6 Å². The van der Waals surface area contributed by atoms with Crippen molar-refractivity contribution in [2.45, 2.75) is 17.3 Å². The van der Waals surface area contributed by atoms with Gasteiger partial charge >= 0.3 is 0 Å². The van der Waals surface area contributed by atoms with Crippen molar-refractivity contribution < 1.29 is 4.79 Å². The summed E-state index contributed by atoms with van der Waals surface area (Å²) in [7, 11) is 0. The molecule has 0 aliphatic rings. The average Bonchev–Trinajstić information content (AvgIpc) is 2.70. The van der Waals surface area contributed by atoms with Gasteiger partial charge in [0.05, 0.1) is 10.9 Å². The van der Waals surface area contributed by atoms with Crippen LogP contribution in [0.2, 0.25) is 5.02 Å². The first-order chi connectivity index (χ1) is 13.5. The Bertz CT molecular complexity index is 1090. The van der Waals surface area contributed by atoms with Gasteiger partial charge < -0.3 is 10.3 Å². The summed E-state index contributed by atoms with van der Waals surface area (Å²) in [5.74, 6) is -0.249. The number of benzene rings is 2. The Morgan fingerprint density at radius 2 is 1.89 bits per heavy atom. The van der Waals surface area contributed by atoms with Crippen molar-refractivity contribution in [2.75, 3.05) is 5.32 Å². The molecule has 1 heterocycles. The van der Waals surface area contributed by atoms with Crippen LogP contribution in [0.25, 0.3) is 11.3 Å². The molecule has 0 bridgehead atoms. The highest BCUT2D eigenvalue weighted by molar-refractivity contribution is 8.00. The number of halogens is 1. The Kier molecular flexibility index (Phi) is 6.14. The molecule has 1 atom stereocenters. The van der Waals surface area contributed by atoms with Crippen LogP contribution in [0.3, 0.4) is 0 Å². The van der Waals surface area contributed by atoms with E-state index in [1.54, 1.807) is 55.5 Å². The van der Waals surface area contributed by atoms with Crippen LogP contribution in [-0.4, -0.2) is 21.1 Å². The van der Waals surface area contributed by atoms with Crippen molar-refractivity contribution >= 4 is 35.0 Å². The van der Waals surface area contributed by atoms with Crippen LogP contribution in [0.15, 0.2) is 64.5 Å². The first-order valence-electron chi connectivity index (χ1n) is 8.31. The summed E-state index contributed by atoms with van der Waals surface area (Å²) >= 11 is 6.94. The lowest BCUT2D eigenvalue weighted by Gasteiger charge is -2.12. The van der Waals surface area contributed by atoms with E-state index in [-0.39, 0.29) is 16.6 Å². The fourth-order valence-electron chi connectivity index (χ4n) is 2.42. The molecule has 0 saturated carbocycles. The lowest BCUT2D eigenvalue weighted by atomic mass is 10.1. The van der Waals surface area contributed by atoms with E-state index < -0.39 is 10.8 Å². The van der Waals surface area contributed by atoms with Gasteiger partial charge in [0.1, 0.15) is 11.6 Å². The molecule has 2 N–H and O–H groups in total. The van der Waals surface area contributed by atoms with Crippen molar-refractivity contribution in [1.29, 1.82) is 5.26 Å². The molecule has 0 unspecified atom stereocenters. The molecular weight excluding hydrogens is 396 g/mol. The van der Waals surface area contributed by atoms with Gasteiger partial charge in [0, 0.05) is 16.3 Å². The number of aromatic amines is 1. The summed E-state index contributed by atoms with van der Waals surface area (Å²) in [6.45, 7) is 1.70. The highest BCUT2D eigenvalue weighted by Crippen LogP contribution is 2.25. The highest BCUT2D eigenvalue weighted by atomic mass is 35.5. The van der Waals surface area contributed by atoms with Crippen molar-refractivity contribution in [3.63, 3.8) is 0 Å². The third-order valence-electron chi connectivity index (χ3n) is 3.83. The summed E-state index contributed by atoms with van der Waals surface area (Å²) in [6.07, 6.45) is 0. The summed E-state index contributed by atoms with van der Waals surface area (Å²) in [5, 5.41) is 12.4. The Morgan fingerprint density at radius 3 is 2.54 bits per heavy atom. The lowest BCUT2D eigenvalue weighted by Crippen LogP contribution is -2.23. The maximum Gasteiger partial charge on any atom is 0.270 e. The molecule has 3 aromatic rings. The van der Waals surface area contributed by atoms with Gasteiger partial charge in [-0.25, -0.2) is 4.98 Å². The molecule has 2 aromatic carbocycles. The number of nitriles is 1. The number of thioether (sulfide) groups is 1. The van der Waals surface area contributed by atoms with Crippen molar-refractivity contribution in [3.05, 3.63) is 75.5 Å². The summed E-state index contributed by atoms with van der Waals surface area (Å²) < 4.78 is 0. The van der Waals surface area contributed by atoms with Crippen LogP contribution >= 0.6 is 23.4 Å². The number of anilines is 1. The van der Waals surface area contributed by atoms with Crippen LogP contribution in [-0.2, 0) is 4.79 Å². The van der Waals surface area contributed by atoms with Gasteiger partial charge in [-0.3, -0.25) is 9.59 Å². The van der Waals surface area contributed by atoms with Gasteiger partial charge in [-0.1, -0.05) is 53.7 Å². The van der Waals surface area contributed by atoms with Crippen LogP contribution in [0.1, 0.15) is 12.5 Å². The fourth-order valence-corrected chi connectivity index (χ4v) is 3.34. The molecule has 8 heteroatoms. The number of carbonyl (C=O) groups is 1. The zero-order valence-corrected chi connectivity index (χ0v) is 16.3. The number of H-pyrrole nitrogens is 1. The minimum Gasteiger partial charge on any atom is -0.325 e.